The molecular weight excluding hydrogens is 386 g/mol. The molecule has 2 aliphatic rings. The third-order valence-corrected chi connectivity index (χ3v) is 6.47. The van der Waals surface area contributed by atoms with Crippen LogP contribution in [0.25, 0.3) is 11.3 Å². The fraction of sp³-hybridized carbons (Fsp3) is 0.565. The van der Waals surface area contributed by atoms with Crippen molar-refractivity contribution in [1.82, 2.24) is 9.97 Å². The molecule has 1 saturated carbocycles. The fourth-order valence-electron chi connectivity index (χ4n) is 4.32. The summed E-state index contributed by atoms with van der Waals surface area (Å²) in [6.45, 7) is 2.63. The summed E-state index contributed by atoms with van der Waals surface area (Å²) in [6.07, 6.45) is 8.66. The molecule has 0 amide bonds. The van der Waals surface area contributed by atoms with E-state index in [2.05, 4.69) is 16.4 Å². The van der Waals surface area contributed by atoms with Crippen molar-refractivity contribution in [3.63, 3.8) is 0 Å². The number of aromatic nitrogens is 2. The van der Waals surface area contributed by atoms with Gasteiger partial charge in [-0.05, 0) is 75.0 Å². The van der Waals surface area contributed by atoms with Gasteiger partial charge in [0.05, 0.1) is 16.8 Å². The Labute approximate surface area is 177 Å². The quantitative estimate of drug-likeness (QED) is 0.713. The van der Waals surface area contributed by atoms with Crippen LogP contribution in [0.1, 0.15) is 44.2 Å². The van der Waals surface area contributed by atoms with E-state index in [1.807, 2.05) is 18.2 Å². The average Bonchev–Trinajstić information content (AvgIpc) is 2.76. The van der Waals surface area contributed by atoms with E-state index < -0.39 is 0 Å². The number of halogens is 1. The molecule has 0 aromatic carbocycles. The number of nitrogens with one attached hydrogen (secondary N) is 1. The molecule has 1 aliphatic carbocycles. The van der Waals surface area contributed by atoms with Crippen LogP contribution in [0.3, 0.4) is 0 Å². The molecule has 29 heavy (non-hydrogen) atoms. The number of hydrogen-bond donors (Lipinski definition) is 2. The molecule has 4 rings (SSSR count). The molecule has 0 atom stereocenters. The third kappa shape index (κ3) is 5.68. The Kier molecular flexibility index (Phi) is 7.01. The minimum atomic E-state index is -0.124. The van der Waals surface area contributed by atoms with Crippen molar-refractivity contribution in [3.05, 3.63) is 41.2 Å². The molecule has 5 nitrogen and oxygen atoms in total. The van der Waals surface area contributed by atoms with E-state index in [0.29, 0.717) is 16.9 Å². The molecule has 2 N–H and O–H groups in total. The molecule has 0 spiro atoms. The molecule has 2 fully saturated rings. The second-order valence-corrected chi connectivity index (χ2v) is 8.79. The van der Waals surface area contributed by atoms with Gasteiger partial charge < -0.3 is 15.2 Å². The van der Waals surface area contributed by atoms with Gasteiger partial charge in [0.25, 0.3) is 0 Å². The van der Waals surface area contributed by atoms with Gasteiger partial charge in [0.2, 0.25) is 0 Å². The van der Waals surface area contributed by atoms with Crippen molar-refractivity contribution >= 4 is 17.4 Å². The Bertz CT molecular complexity index is 802. The zero-order valence-corrected chi connectivity index (χ0v) is 17.6. The lowest BCUT2D eigenvalue weighted by Gasteiger charge is -2.25. The number of aliphatic hydroxyl groups excluding tert-OH is 1. The van der Waals surface area contributed by atoms with Crippen molar-refractivity contribution in [3.8, 4) is 11.3 Å². The van der Waals surface area contributed by atoms with Gasteiger partial charge in [-0.1, -0.05) is 17.7 Å². The smallest absolute Gasteiger partial charge is 0.126 e. The van der Waals surface area contributed by atoms with Crippen LogP contribution in [0.15, 0.2) is 30.5 Å². The highest BCUT2D eigenvalue weighted by atomic mass is 35.5. The average molecular weight is 416 g/mol. The Morgan fingerprint density at radius 2 is 1.86 bits per heavy atom. The first-order valence-corrected chi connectivity index (χ1v) is 11.2. The van der Waals surface area contributed by atoms with Crippen molar-refractivity contribution in [2.75, 3.05) is 25.1 Å². The standard InChI is InChI=1S/C23H30ClN3O2/c24-21-15-25-18(12-16-4-6-19(28)7-5-16)13-20(21)22-2-1-3-23(27-22)26-14-17-8-10-29-11-9-17/h1-3,13,15-17,19,28H,4-12,14H2,(H,26,27). The van der Waals surface area contributed by atoms with E-state index in [1.165, 1.54) is 0 Å². The first-order chi connectivity index (χ1) is 14.2. The molecule has 2 aromatic rings. The molecule has 6 heteroatoms. The van der Waals surface area contributed by atoms with Crippen LogP contribution in [0.5, 0.6) is 0 Å². The number of ether oxygens (including phenoxy) is 1. The summed E-state index contributed by atoms with van der Waals surface area (Å²) < 4.78 is 5.44. The van der Waals surface area contributed by atoms with Crippen molar-refractivity contribution in [1.29, 1.82) is 0 Å². The van der Waals surface area contributed by atoms with Gasteiger partial charge in [-0.15, -0.1) is 0 Å². The maximum absolute atomic E-state index is 9.72. The summed E-state index contributed by atoms with van der Waals surface area (Å²) in [4.78, 5) is 9.35. The Hall–Kier alpha value is -1.69. The number of aliphatic hydroxyl groups is 1. The highest BCUT2D eigenvalue weighted by Crippen LogP contribution is 2.31. The molecule has 0 radical (unpaired) electrons. The van der Waals surface area contributed by atoms with Crippen LogP contribution < -0.4 is 5.32 Å². The molecule has 1 saturated heterocycles. The summed E-state index contributed by atoms with van der Waals surface area (Å²) in [6, 6.07) is 8.11. The normalized spacial score (nSPS) is 23.1. The molecule has 2 aromatic heterocycles. The van der Waals surface area contributed by atoms with Crippen LogP contribution in [0.4, 0.5) is 5.82 Å². The Morgan fingerprint density at radius 3 is 2.66 bits per heavy atom. The summed E-state index contributed by atoms with van der Waals surface area (Å²) in [7, 11) is 0. The number of hydrogen-bond acceptors (Lipinski definition) is 5. The third-order valence-electron chi connectivity index (χ3n) is 6.16. The highest BCUT2D eigenvalue weighted by molar-refractivity contribution is 6.33. The van der Waals surface area contributed by atoms with Crippen molar-refractivity contribution < 1.29 is 9.84 Å². The zero-order chi connectivity index (χ0) is 20.1. The van der Waals surface area contributed by atoms with E-state index in [9.17, 15) is 5.11 Å². The lowest BCUT2D eigenvalue weighted by Crippen LogP contribution is -2.22. The maximum atomic E-state index is 9.72. The van der Waals surface area contributed by atoms with Crippen LogP contribution in [-0.2, 0) is 11.2 Å². The second kappa shape index (κ2) is 9.88. The van der Waals surface area contributed by atoms with Crippen LogP contribution in [0.2, 0.25) is 5.02 Å². The van der Waals surface area contributed by atoms with Crippen molar-refractivity contribution in [2.45, 2.75) is 51.0 Å². The molecular formula is C23H30ClN3O2. The number of anilines is 1. The first-order valence-electron chi connectivity index (χ1n) is 10.8. The van der Waals surface area contributed by atoms with Crippen LogP contribution >= 0.6 is 11.6 Å². The summed E-state index contributed by atoms with van der Waals surface area (Å²) >= 11 is 6.47. The van der Waals surface area contributed by atoms with E-state index in [-0.39, 0.29) is 6.10 Å². The van der Waals surface area contributed by atoms with Crippen LogP contribution in [-0.4, -0.2) is 40.9 Å². The number of nitrogens with zero attached hydrogens (tertiary/aromatic N) is 2. The minimum Gasteiger partial charge on any atom is -0.393 e. The van der Waals surface area contributed by atoms with Gasteiger partial charge in [0.1, 0.15) is 5.82 Å². The molecule has 156 valence electrons. The minimum absolute atomic E-state index is 0.124. The van der Waals surface area contributed by atoms with Gasteiger partial charge >= 0.3 is 0 Å². The van der Waals surface area contributed by atoms with E-state index in [0.717, 1.165) is 87.5 Å². The van der Waals surface area contributed by atoms with Gasteiger partial charge in [0.15, 0.2) is 0 Å². The monoisotopic (exact) mass is 415 g/mol. The number of pyridine rings is 2. The summed E-state index contributed by atoms with van der Waals surface area (Å²) in [5.41, 5.74) is 2.85. The van der Waals surface area contributed by atoms with E-state index in [1.54, 1.807) is 6.20 Å². The van der Waals surface area contributed by atoms with Gasteiger partial charge in [0, 0.05) is 37.2 Å². The first kappa shape index (κ1) is 20.6. The molecule has 1 aliphatic heterocycles. The molecule has 3 heterocycles. The molecule has 0 unspecified atom stereocenters. The Balaban J connectivity index is 1.44. The van der Waals surface area contributed by atoms with Crippen LogP contribution in [0, 0.1) is 11.8 Å². The highest BCUT2D eigenvalue weighted by Gasteiger charge is 2.20. The molecule has 0 bridgehead atoms. The van der Waals surface area contributed by atoms with E-state index in [4.69, 9.17) is 21.3 Å². The summed E-state index contributed by atoms with van der Waals surface area (Å²) in [5, 5.41) is 13.8. The number of rotatable bonds is 6. The topological polar surface area (TPSA) is 67.3 Å². The second-order valence-electron chi connectivity index (χ2n) is 8.38. The lowest BCUT2D eigenvalue weighted by atomic mass is 9.84. The SMILES string of the molecule is OC1CCC(Cc2cc(-c3cccc(NCC4CCOCC4)n3)c(Cl)cn2)CC1. The van der Waals surface area contributed by atoms with Crippen molar-refractivity contribution in [2.24, 2.45) is 11.8 Å². The predicted molar refractivity (Wildman–Crippen MR) is 116 cm³/mol. The van der Waals surface area contributed by atoms with Gasteiger partial charge in [-0.2, -0.15) is 0 Å². The lowest BCUT2D eigenvalue weighted by molar-refractivity contribution is 0.0699. The van der Waals surface area contributed by atoms with E-state index >= 15 is 0 Å². The maximum Gasteiger partial charge on any atom is 0.126 e. The zero-order valence-electron chi connectivity index (χ0n) is 16.8. The predicted octanol–water partition coefficient (Wildman–Crippen LogP) is 4.73. The van der Waals surface area contributed by atoms with Gasteiger partial charge in [-0.25, -0.2) is 4.98 Å². The van der Waals surface area contributed by atoms with Gasteiger partial charge in [-0.3, -0.25) is 4.98 Å². The summed E-state index contributed by atoms with van der Waals surface area (Å²) in [5.74, 6) is 2.10. The Morgan fingerprint density at radius 1 is 1.07 bits per heavy atom. The largest absolute Gasteiger partial charge is 0.393 e. The fourth-order valence-corrected chi connectivity index (χ4v) is 4.52.